The number of carbonyl (C=O) groups excluding carboxylic acids is 1. The number of carboxylic acids is 1. The molecule has 1 aromatic heterocycles. The third kappa shape index (κ3) is 2.97. The van der Waals surface area contributed by atoms with E-state index in [1.165, 1.54) is 25.4 Å². The number of carbonyl (C=O) groups is 2. The van der Waals surface area contributed by atoms with Crippen molar-refractivity contribution in [3.8, 4) is 11.1 Å². The molecule has 108 valence electrons. The van der Waals surface area contributed by atoms with E-state index >= 15 is 0 Å². The van der Waals surface area contributed by atoms with Gasteiger partial charge >= 0.3 is 11.9 Å². The maximum absolute atomic E-state index is 13.6. The number of rotatable bonds is 3. The predicted octanol–water partition coefficient (Wildman–Crippen LogP) is 1.95. The van der Waals surface area contributed by atoms with Crippen molar-refractivity contribution >= 4 is 17.8 Å². The van der Waals surface area contributed by atoms with Crippen LogP contribution in [0.1, 0.15) is 20.7 Å². The van der Waals surface area contributed by atoms with Crippen LogP contribution in [0.25, 0.3) is 11.1 Å². The highest BCUT2D eigenvalue weighted by Gasteiger charge is 2.14. The molecule has 6 nitrogen and oxygen atoms in total. The molecule has 0 aliphatic heterocycles. The number of hydrogen-bond donors (Lipinski definition) is 2. The fourth-order valence-electron chi connectivity index (χ4n) is 1.80. The average molecular weight is 290 g/mol. The zero-order chi connectivity index (χ0) is 15.6. The number of aromatic carboxylic acids is 1. The minimum absolute atomic E-state index is 0.0150. The maximum atomic E-state index is 13.6. The molecule has 1 heterocycles. The number of nitrogens with two attached hydrogens (primary N) is 1. The Bertz CT molecular complexity index is 731. The summed E-state index contributed by atoms with van der Waals surface area (Å²) in [5, 5.41) is 9.00. The highest BCUT2D eigenvalue weighted by Crippen LogP contribution is 2.24. The lowest BCUT2D eigenvalue weighted by Gasteiger charge is -2.07. The van der Waals surface area contributed by atoms with Crippen molar-refractivity contribution in [3.63, 3.8) is 0 Å². The highest BCUT2D eigenvalue weighted by molar-refractivity contribution is 5.95. The van der Waals surface area contributed by atoms with Gasteiger partial charge in [-0.25, -0.2) is 19.0 Å². The quantitative estimate of drug-likeness (QED) is 0.838. The summed E-state index contributed by atoms with van der Waals surface area (Å²) >= 11 is 0. The molecule has 3 N–H and O–H groups in total. The van der Waals surface area contributed by atoms with Crippen LogP contribution >= 0.6 is 0 Å². The number of anilines is 1. The summed E-state index contributed by atoms with van der Waals surface area (Å²) in [4.78, 5) is 26.2. The van der Waals surface area contributed by atoms with E-state index in [-0.39, 0.29) is 16.9 Å². The van der Waals surface area contributed by atoms with Crippen LogP contribution in [0.2, 0.25) is 0 Å². The Morgan fingerprint density at radius 3 is 2.57 bits per heavy atom. The van der Waals surface area contributed by atoms with Gasteiger partial charge in [0.2, 0.25) is 0 Å². The molecule has 0 saturated carbocycles. The number of ether oxygens (including phenoxy) is 1. The lowest BCUT2D eigenvalue weighted by Crippen LogP contribution is -2.05. The predicted molar refractivity (Wildman–Crippen MR) is 72.3 cm³/mol. The summed E-state index contributed by atoms with van der Waals surface area (Å²) in [5.74, 6) is -2.73. The maximum Gasteiger partial charge on any atom is 0.339 e. The number of carboxylic acid groups (broad SMARTS) is 1. The third-order valence-corrected chi connectivity index (χ3v) is 2.80. The van der Waals surface area contributed by atoms with E-state index < -0.39 is 17.8 Å². The molecule has 0 saturated heterocycles. The molecule has 0 amide bonds. The number of pyridine rings is 1. The summed E-state index contributed by atoms with van der Waals surface area (Å²) in [6.45, 7) is 0. The van der Waals surface area contributed by atoms with Crippen molar-refractivity contribution in [3.05, 3.63) is 47.4 Å². The minimum atomic E-state index is -1.24. The van der Waals surface area contributed by atoms with Crippen LogP contribution in [0.15, 0.2) is 30.5 Å². The van der Waals surface area contributed by atoms with Gasteiger partial charge in [0.25, 0.3) is 0 Å². The fourth-order valence-corrected chi connectivity index (χ4v) is 1.80. The summed E-state index contributed by atoms with van der Waals surface area (Å²) in [6.07, 6.45) is 1.30. The summed E-state index contributed by atoms with van der Waals surface area (Å²) in [6, 6.07) is 4.83. The van der Waals surface area contributed by atoms with Crippen molar-refractivity contribution in [2.75, 3.05) is 12.8 Å². The zero-order valence-electron chi connectivity index (χ0n) is 11.0. The molecule has 0 atom stereocenters. The number of benzene rings is 1. The molecular formula is C14H11FN2O4. The van der Waals surface area contributed by atoms with Crippen LogP contribution in [-0.2, 0) is 4.74 Å². The standard InChI is InChI=1S/C14H11FN2O4/c1-21-14(20)8-2-7(3-10(15)4-8)9-5-11(13(18)19)12(16)17-6-9/h2-6H,1H3,(H2,16,17)(H,18,19). The Labute approximate surface area is 119 Å². The second-order valence-electron chi connectivity index (χ2n) is 4.18. The molecule has 0 unspecified atom stereocenters. The van der Waals surface area contributed by atoms with Gasteiger partial charge in [0.05, 0.1) is 12.7 Å². The fraction of sp³-hybridized carbons (Fsp3) is 0.0714. The van der Waals surface area contributed by atoms with Crippen LogP contribution in [0.4, 0.5) is 10.2 Å². The van der Waals surface area contributed by atoms with Crippen LogP contribution < -0.4 is 5.73 Å². The lowest BCUT2D eigenvalue weighted by molar-refractivity contribution is 0.0599. The normalized spacial score (nSPS) is 10.2. The first kappa shape index (κ1) is 14.4. The highest BCUT2D eigenvalue weighted by atomic mass is 19.1. The van der Waals surface area contributed by atoms with E-state index in [0.717, 1.165) is 12.1 Å². The monoisotopic (exact) mass is 290 g/mol. The van der Waals surface area contributed by atoms with Crippen molar-refractivity contribution in [1.29, 1.82) is 0 Å². The molecule has 7 heteroatoms. The van der Waals surface area contributed by atoms with Gasteiger partial charge in [0.1, 0.15) is 17.2 Å². The van der Waals surface area contributed by atoms with E-state index in [9.17, 15) is 14.0 Å². The molecular weight excluding hydrogens is 279 g/mol. The Morgan fingerprint density at radius 2 is 1.95 bits per heavy atom. The number of nitrogen functional groups attached to an aromatic ring is 1. The van der Waals surface area contributed by atoms with Gasteiger partial charge in [-0.15, -0.1) is 0 Å². The minimum Gasteiger partial charge on any atom is -0.478 e. The molecule has 2 rings (SSSR count). The van der Waals surface area contributed by atoms with E-state index in [1.807, 2.05) is 0 Å². The Morgan fingerprint density at radius 1 is 1.24 bits per heavy atom. The molecule has 0 spiro atoms. The molecule has 21 heavy (non-hydrogen) atoms. The largest absolute Gasteiger partial charge is 0.478 e. The molecule has 0 fully saturated rings. The van der Waals surface area contributed by atoms with Crippen molar-refractivity contribution in [1.82, 2.24) is 4.98 Å². The first-order valence-electron chi connectivity index (χ1n) is 5.80. The average Bonchev–Trinajstić information content (AvgIpc) is 2.45. The summed E-state index contributed by atoms with van der Waals surface area (Å²) in [7, 11) is 1.18. The molecule has 0 radical (unpaired) electrons. The zero-order valence-corrected chi connectivity index (χ0v) is 11.0. The van der Waals surface area contributed by atoms with Crippen LogP contribution in [0, 0.1) is 5.82 Å². The van der Waals surface area contributed by atoms with Gasteiger partial charge in [-0.2, -0.15) is 0 Å². The third-order valence-electron chi connectivity index (χ3n) is 2.80. The van der Waals surface area contributed by atoms with Gasteiger partial charge in [0.15, 0.2) is 0 Å². The van der Waals surface area contributed by atoms with E-state index in [2.05, 4.69) is 9.72 Å². The van der Waals surface area contributed by atoms with Gasteiger partial charge < -0.3 is 15.6 Å². The topological polar surface area (TPSA) is 103 Å². The van der Waals surface area contributed by atoms with E-state index in [1.54, 1.807) is 0 Å². The van der Waals surface area contributed by atoms with Crippen LogP contribution in [0.3, 0.4) is 0 Å². The molecule has 2 aromatic rings. The first-order valence-corrected chi connectivity index (χ1v) is 5.80. The lowest BCUT2D eigenvalue weighted by atomic mass is 10.0. The van der Waals surface area contributed by atoms with Gasteiger partial charge in [0, 0.05) is 11.8 Å². The van der Waals surface area contributed by atoms with Gasteiger partial charge in [-0.3, -0.25) is 0 Å². The van der Waals surface area contributed by atoms with Crippen LogP contribution in [0.5, 0.6) is 0 Å². The number of esters is 1. The van der Waals surface area contributed by atoms with Crippen molar-refractivity contribution < 1.29 is 23.8 Å². The second-order valence-corrected chi connectivity index (χ2v) is 4.18. The molecule has 1 aromatic carbocycles. The SMILES string of the molecule is COC(=O)c1cc(F)cc(-c2cnc(N)c(C(=O)O)c2)c1. The number of halogens is 1. The summed E-state index contributed by atoms with van der Waals surface area (Å²) < 4.78 is 18.1. The number of aromatic nitrogens is 1. The number of hydrogen-bond acceptors (Lipinski definition) is 5. The van der Waals surface area contributed by atoms with Gasteiger partial charge in [-0.05, 0) is 29.8 Å². The van der Waals surface area contributed by atoms with Gasteiger partial charge in [-0.1, -0.05) is 0 Å². The van der Waals surface area contributed by atoms with Crippen molar-refractivity contribution in [2.45, 2.75) is 0 Å². The number of nitrogens with zero attached hydrogens (tertiary/aromatic N) is 1. The van der Waals surface area contributed by atoms with Crippen molar-refractivity contribution in [2.24, 2.45) is 0 Å². The first-order chi connectivity index (χ1) is 9.92. The number of methoxy groups -OCH3 is 1. The Balaban J connectivity index is 2.56. The molecule has 0 bridgehead atoms. The Hall–Kier alpha value is -2.96. The van der Waals surface area contributed by atoms with E-state index in [0.29, 0.717) is 11.1 Å². The Kier molecular flexibility index (Phi) is 3.84. The van der Waals surface area contributed by atoms with E-state index in [4.69, 9.17) is 10.8 Å². The molecule has 0 aliphatic carbocycles. The smallest absolute Gasteiger partial charge is 0.339 e. The second kappa shape index (κ2) is 5.58. The summed E-state index contributed by atoms with van der Waals surface area (Å²) in [5.41, 5.74) is 5.90. The molecule has 0 aliphatic rings. The van der Waals surface area contributed by atoms with Crippen LogP contribution in [-0.4, -0.2) is 29.1 Å².